The van der Waals surface area contributed by atoms with Gasteiger partial charge in [-0.2, -0.15) is 0 Å². The van der Waals surface area contributed by atoms with Crippen LogP contribution in [0.2, 0.25) is 0 Å². The Labute approximate surface area is 95.5 Å². The van der Waals surface area contributed by atoms with E-state index < -0.39 is 0 Å². The van der Waals surface area contributed by atoms with E-state index in [0.717, 1.165) is 5.56 Å². The van der Waals surface area contributed by atoms with Crippen LogP contribution in [0.3, 0.4) is 0 Å². The summed E-state index contributed by atoms with van der Waals surface area (Å²) in [5, 5.41) is 12.8. The maximum atomic E-state index is 10.4. The number of rotatable bonds is 4. The molecule has 0 spiro atoms. The summed E-state index contributed by atoms with van der Waals surface area (Å²) in [6.07, 6.45) is -0.0152. The molecule has 0 saturated heterocycles. The van der Waals surface area contributed by atoms with Gasteiger partial charge in [-0.1, -0.05) is 36.4 Å². The van der Waals surface area contributed by atoms with Crippen LogP contribution in [0.15, 0.2) is 42.5 Å². The van der Waals surface area contributed by atoms with Crippen molar-refractivity contribution in [3.63, 3.8) is 0 Å². The minimum atomic E-state index is -0.183. The minimum Gasteiger partial charge on any atom is -0.371 e. The van der Waals surface area contributed by atoms with Gasteiger partial charge in [-0.3, -0.25) is 0 Å². The van der Waals surface area contributed by atoms with E-state index in [0.29, 0.717) is 0 Å². The lowest BCUT2D eigenvalue weighted by atomic mass is 10.0. The van der Waals surface area contributed by atoms with Gasteiger partial charge in [0.1, 0.15) is 6.61 Å². The van der Waals surface area contributed by atoms with E-state index in [2.05, 4.69) is 30.3 Å². The van der Waals surface area contributed by atoms with Gasteiger partial charge in [-0.25, -0.2) is 5.11 Å². The lowest BCUT2D eigenvalue weighted by Gasteiger charge is -2.12. The largest absolute Gasteiger partial charge is 0.371 e. The van der Waals surface area contributed by atoms with Crippen molar-refractivity contribution in [1.82, 2.24) is 0 Å². The Kier molecular flexibility index (Phi) is 3.54. The first-order valence-corrected chi connectivity index (χ1v) is 5.49. The predicted octanol–water partition coefficient (Wildman–Crippen LogP) is 3.35. The van der Waals surface area contributed by atoms with E-state index in [-0.39, 0.29) is 19.3 Å². The fraction of sp³-hybridized carbons (Fsp3) is 0.286. The van der Waals surface area contributed by atoms with E-state index in [4.69, 9.17) is 4.74 Å². The molecule has 0 heterocycles. The number of fused-ring (bicyclic) bond motifs is 1. The van der Waals surface area contributed by atoms with Gasteiger partial charge >= 0.3 is 0 Å². The van der Waals surface area contributed by atoms with Crippen LogP contribution in [0, 0.1) is 0 Å². The number of hydrogen-bond acceptors (Lipinski definition) is 1. The van der Waals surface area contributed by atoms with E-state index in [1.165, 1.54) is 10.8 Å². The lowest BCUT2D eigenvalue weighted by molar-refractivity contribution is 0.0202. The normalized spacial score (nSPS) is 12.9. The second-order valence-corrected chi connectivity index (χ2v) is 3.82. The van der Waals surface area contributed by atoms with Gasteiger partial charge in [0.15, 0.2) is 0 Å². The Hall–Kier alpha value is -1.38. The number of ether oxygens (including phenoxy) is 1. The van der Waals surface area contributed by atoms with Gasteiger partial charge < -0.3 is 4.74 Å². The van der Waals surface area contributed by atoms with Crippen molar-refractivity contribution >= 4 is 10.8 Å². The summed E-state index contributed by atoms with van der Waals surface area (Å²) in [5.74, 6) is 0. The second kappa shape index (κ2) is 5.10. The van der Waals surface area contributed by atoms with Gasteiger partial charge in [0.05, 0.1) is 12.7 Å². The summed E-state index contributed by atoms with van der Waals surface area (Å²) in [4.78, 5) is 0. The van der Waals surface area contributed by atoms with Crippen LogP contribution in [0.4, 0.5) is 0 Å². The number of hydrogen-bond donors (Lipinski definition) is 0. The van der Waals surface area contributed by atoms with Crippen molar-refractivity contribution in [2.24, 2.45) is 0 Å². The fourth-order valence-electron chi connectivity index (χ4n) is 1.78. The SMILES string of the molecule is CC(OCC[O])c1ccc2ccccc2c1. The molecule has 0 saturated carbocycles. The maximum absolute atomic E-state index is 10.4. The molecular formula is C14H15O2. The molecule has 0 aliphatic heterocycles. The molecule has 2 aromatic rings. The highest BCUT2D eigenvalue weighted by Gasteiger charge is 2.05. The minimum absolute atomic E-state index is 0.0152. The molecule has 0 aromatic heterocycles. The molecule has 1 radical (unpaired) electrons. The zero-order valence-corrected chi connectivity index (χ0v) is 9.35. The zero-order chi connectivity index (χ0) is 11.4. The van der Waals surface area contributed by atoms with E-state index >= 15 is 0 Å². The third kappa shape index (κ3) is 2.40. The third-order valence-electron chi connectivity index (χ3n) is 2.69. The van der Waals surface area contributed by atoms with Gasteiger partial charge in [0.25, 0.3) is 0 Å². The summed E-state index contributed by atoms with van der Waals surface area (Å²) in [6, 6.07) is 14.5. The molecule has 0 amide bonds. The molecule has 2 aromatic carbocycles. The summed E-state index contributed by atoms with van der Waals surface area (Å²) in [7, 11) is 0. The molecule has 0 aliphatic rings. The van der Waals surface area contributed by atoms with Gasteiger partial charge in [0, 0.05) is 0 Å². The van der Waals surface area contributed by atoms with Crippen molar-refractivity contribution in [1.29, 1.82) is 0 Å². The quantitative estimate of drug-likeness (QED) is 0.769. The van der Waals surface area contributed by atoms with Crippen molar-refractivity contribution in [3.8, 4) is 0 Å². The zero-order valence-electron chi connectivity index (χ0n) is 9.35. The first kappa shape index (κ1) is 11.1. The van der Waals surface area contributed by atoms with Crippen LogP contribution in [-0.2, 0) is 9.84 Å². The topological polar surface area (TPSA) is 29.1 Å². The van der Waals surface area contributed by atoms with Gasteiger partial charge in [-0.15, -0.1) is 0 Å². The Morgan fingerprint density at radius 2 is 1.88 bits per heavy atom. The van der Waals surface area contributed by atoms with Crippen molar-refractivity contribution < 1.29 is 9.84 Å². The highest BCUT2D eigenvalue weighted by atomic mass is 16.5. The van der Waals surface area contributed by atoms with Crippen molar-refractivity contribution in [2.45, 2.75) is 13.0 Å². The Bertz CT molecular complexity index is 465. The van der Waals surface area contributed by atoms with E-state index in [1.54, 1.807) is 0 Å². The van der Waals surface area contributed by atoms with Crippen LogP contribution in [0.5, 0.6) is 0 Å². The Balaban J connectivity index is 2.25. The van der Waals surface area contributed by atoms with Crippen molar-refractivity contribution in [2.75, 3.05) is 13.2 Å². The molecule has 16 heavy (non-hydrogen) atoms. The smallest absolute Gasteiger partial charge is 0.106 e. The van der Waals surface area contributed by atoms with Crippen LogP contribution < -0.4 is 0 Å². The fourth-order valence-corrected chi connectivity index (χ4v) is 1.78. The molecule has 2 rings (SSSR count). The molecule has 2 heteroatoms. The summed E-state index contributed by atoms with van der Waals surface area (Å²) in [6.45, 7) is 2.06. The maximum Gasteiger partial charge on any atom is 0.106 e. The van der Waals surface area contributed by atoms with Crippen LogP contribution in [0.1, 0.15) is 18.6 Å². The highest BCUT2D eigenvalue weighted by molar-refractivity contribution is 5.83. The van der Waals surface area contributed by atoms with Gasteiger partial charge in [0.2, 0.25) is 0 Å². The molecule has 1 unspecified atom stereocenters. The van der Waals surface area contributed by atoms with Crippen LogP contribution in [-0.4, -0.2) is 13.2 Å². The molecule has 0 bridgehead atoms. The Morgan fingerprint density at radius 1 is 1.12 bits per heavy atom. The predicted molar refractivity (Wildman–Crippen MR) is 63.9 cm³/mol. The lowest BCUT2D eigenvalue weighted by Crippen LogP contribution is -2.03. The monoisotopic (exact) mass is 215 g/mol. The Morgan fingerprint density at radius 3 is 2.62 bits per heavy atom. The van der Waals surface area contributed by atoms with Gasteiger partial charge in [-0.05, 0) is 29.3 Å². The standard InChI is InChI=1S/C14H15O2/c1-11(16-9-8-15)13-7-6-12-4-2-3-5-14(12)10-13/h2-7,10-11H,8-9H2,1H3. The molecule has 2 nitrogen and oxygen atoms in total. The summed E-state index contributed by atoms with van der Waals surface area (Å²) >= 11 is 0. The highest BCUT2D eigenvalue weighted by Crippen LogP contribution is 2.22. The molecule has 0 fully saturated rings. The number of benzene rings is 2. The van der Waals surface area contributed by atoms with E-state index in [9.17, 15) is 5.11 Å². The average Bonchev–Trinajstić information content (AvgIpc) is 2.35. The second-order valence-electron chi connectivity index (χ2n) is 3.82. The third-order valence-corrected chi connectivity index (χ3v) is 2.69. The first-order valence-electron chi connectivity index (χ1n) is 5.49. The summed E-state index contributed by atoms with van der Waals surface area (Å²) in [5.41, 5.74) is 1.12. The van der Waals surface area contributed by atoms with Crippen LogP contribution in [0.25, 0.3) is 10.8 Å². The first-order chi connectivity index (χ1) is 7.81. The van der Waals surface area contributed by atoms with Crippen LogP contribution >= 0.6 is 0 Å². The van der Waals surface area contributed by atoms with E-state index in [1.807, 2.05) is 19.1 Å². The molecule has 1 atom stereocenters. The molecular weight excluding hydrogens is 200 g/mol. The van der Waals surface area contributed by atoms with Crippen molar-refractivity contribution in [3.05, 3.63) is 48.0 Å². The molecule has 0 N–H and O–H groups in total. The average molecular weight is 215 g/mol. The summed E-state index contributed by atoms with van der Waals surface area (Å²) < 4.78 is 5.41. The molecule has 83 valence electrons. The molecule has 0 aliphatic carbocycles.